The number of nitro benzene ring substituents is 1. The fourth-order valence-corrected chi connectivity index (χ4v) is 2.03. The molecule has 0 aliphatic carbocycles. The molecule has 0 fully saturated rings. The summed E-state index contributed by atoms with van der Waals surface area (Å²) in [6.07, 6.45) is 1.28. The highest BCUT2D eigenvalue weighted by atomic mass is 79.9. The third-order valence-electron chi connectivity index (χ3n) is 2.66. The maximum absolute atomic E-state index is 11.8. The first-order valence-electron chi connectivity index (χ1n) is 6.04. The predicted octanol–water partition coefficient (Wildman–Crippen LogP) is 2.83. The molecule has 7 nitrogen and oxygen atoms in total. The molecular formula is C14H10BrN3O4. The van der Waals surface area contributed by atoms with Crippen molar-refractivity contribution in [1.82, 2.24) is 5.43 Å². The average Bonchev–Trinajstić information content (AvgIpc) is 2.46. The number of carbonyl (C=O) groups excluding carboxylic acids is 1. The zero-order valence-electron chi connectivity index (χ0n) is 11.1. The zero-order chi connectivity index (χ0) is 16.1. The lowest BCUT2D eigenvalue weighted by molar-refractivity contribution is -0.385. The number of carbonyl (C=O) groups is 1. The number of phenolic OH excluding ortho intramolecular Hbond substituents is 1. The van der Waals surface area contributed by atoms with Crippen molar-refractivity contribution in [1.29, 1.82) is 0 Å². The van der Waals surface area contributed by atoms with E-state index in [0.717, 1.165) is 10.5 Å². The molecule has 2 N–H and O–H groups in total. The van der Waals surface area contributed by atoms with E-state index in [9.17, 15) is 20.0 Å². The van der Waals surface area contributed by atoms with E-state index in [-0.39, 0.29) is 0 Å². The molecule has 2 aromatic carbocycles. The van der Waals surface area contributed by atoms with Crippen molar-refractivity contribution in [3.05, 3.63) is 68.2 Å². The minimum atomic E-state index is -0.689. The normalized spacial score (nSPS) is 10.6. The summed E-state index contributed by atoms with van der Waals surface area (Å²) in [6.45, 7) is 0. The van der Waals surface area contributed by atoms with Gasteiger partial charge in [-0.05, 0) is 35.9 Å². The first kappa shape index (κ1) is 15.6. The minimum Gasteiger partial charge on any atom is -0.502 e. The number of rotatable bonds is 4. The Balaban J connectivity index is 2.05. The highest BCUT2D eigenvalue weighted by molar-refractivity contribution is 9.10. The van der Waals surface area contributed by atoms with Gasteiger partial charge in [0.1, 0.15) is 0 Å². The molecule has 0 aliphatic rings. The van der Waals surface area contributed by atoms with Crippen LogP contribution in [0.2, 0.25) is 0 Å². The summed E-state index contributed by atoms with van der Waals surface area (Å²) in [7, 11) is 0. The van der Waals surface area contributed by atoms with Crippen molar-refractivity contribution in [2.75, 3.05) is 0 Å². The number of hydrogen-bond acceptors (Lipinski definition) is 5. The van der Waals surface area contributed by atoms with Crippen LogP contribution < -0.4 is 5.43 Å². The molecule has 0 unspecified atom stereocenters. The molecule has 112 valence electrons. The summed E-state index contributed by atoms with van der Waals surface area (Å²) in [4.78, 5) is 21.7. The summed E-state index contributed by atoms with van der Waals surface area (Å²) in [5.41, 5.74) is 2.78. The molecule has 0 saturated heterocycles. The lowest BCUT2D eigenvalue weighted by Gasteiger charge is -2.00. The van der Waals surface area contributed by atoms with Gasteiger partial charge < -0.3 is 5.11 Å². The summed E-state index contributed by atoms with van der Waals surface area (Å²) in [6, 6.07) is 10.5. The van der Waals surface area contributed by atoms with Crippen LogP contribution in [-0.2, 0) is 0 Å². The lowest BCUT2D eigenvalue weighted by Crippen LogP contribution is -2.17. The van der Waals surface area contributed by atoms with Crippen LogP contribution >= 0.6 is 15.9 Å². The van der Waals surface area contributed by atoms with Gasteiger partial charge in [0.05, 0.1) is 11.1 Å². The van der Waals surface area contributed by atoms with Crippen LogP contribution in [0.3, 0.4) is 0 Å². The predicted molar refractivity (Wildman–Crippen MR) is 84.0 cm³/mol. The van der Waals surface area contributed by atoms with Crippen molar-refractivity contribution in [3.8, 4) is 5.75 Å². The Morgan fingerprint density at radius 2 is 2.09 bits per heavy atom. The summed E-state index contributed by atoms with van der Waals surface area (Å²) >= 11 is 3.26. The number of hydrazone groups is 1. The maximum atomic E-state index is 11.8. The number of hydrogen-bond donors (Lipinski definition) is 2. The quantitative estimate of drug-likeness (QED) is 0.494. The second-order valence-electron chi connectivity index (χ2n) is 4.21. The SMILES string of the molecule is O=C(NN=Cc1ccc([N+](=O)[O-])c(O)c1)c1cccc(Br)c1. The standard InChI is InChI=1S/C14H10BrN3O4/c15-11-3-1-2-10(7-11)14(20)17-16-8-9-4-5-12(18(21)22)13(19)6-9/h1-8,19H,(H,17,20). The molecule has 0 radical (unpaired) electrons. The van der Waals surface area contributed by atoms with E-state index in [1.165, 1.54) is 18.3 Å². The number of benzene rings is 2. The number of nitro groups is 1. The third kappa shape index (κ3) is 3.89. The monoisotopic (exact) mass is 363 g/mol. The van der Waals surface area contributed by atoms with Gasteiger partial charge in [-0.1, -0.05) is 22.0 Å². The fraction of sp³-hybridized carbons (Fsp3) is 0. The van der Waals surface area contributed by atoms with Gasteiger partial charge in [0.2, 0.25) is 0 Å². The molecule has 0 aromatic heterocycles. The molecule has 0 heterocycles. The van der Waals surface area contributed by atoms with Gasteiger partial charge in [0, 0.05) is 16.1 Å². The Kier molecular flexibility index (Phi) is 4.84. The smallest absolute Gasteiger partial charge is 0.310 e. The Morgan fingerprint density at radius 3 is 2.73 bits per heavy atom. The number of phenols is 1. The van der Waals surface area contributed by atoms with Crippen molar-refractivity contribution < 1.29 is 14.8 Å². The second kappa shape index (κ2) is 6.81. The molecule has 0 aliphatic heterocycles. The number of nitrogens with zero attached hydrogens (tertiary/aromatic N) is 2. The summed E-state index contributed by atoms with van der Waals surface area (Å²) in [5, 5.41) is 23.8. The van der Waals surface area contributed by atoms with E-state index in [1.54, 1.807) is 24.3 Å². The van der Waals surface area contributed by atoms with Crippen LogP contribution in [0.25, 0.3) is 0 Å². The van der Waals surface area contributed by atoms with E-state index < -0.39 is 22.3 Å². The molecule has 22 heavy (non-hydrogen) atoms. The van der Waals surface area contributed by atoms with E-state index >= 15 is 0 Å². The molecule has 2 rings (SSSR count). The lowest BCUT2D eigenvalue weighted by atomic mass is 10.2. The number of halogens is 1. The summed E-state index contributed by atoms with van der Waals surface area (Å²) < 4.78 is 0.768. The molecule has 2 aromatic rings. The van der Waals surface area contributed by atoms with Gasteiger partial charge in [-0.25, -0.2) is 5.43 Å². The van der Waals surface area contributed by atoms with Crippen molar-refractivity contribution in [2.45, 2.75) is 0 Å². The van der Waals surface area contributed by atoms with Crippen molar-refractivity contribution >= 4 is 33.7 Å². The Morgan fingerprint density at radius 1 is 1.32 bits per heavy atom. The molecule has 8 heteroatoms. The topological polar surface area (TPSA) is 105 Å². The molecule has 0 saturated carbocycles. The van der Waals surface area contributed by atoms with Gasteiger partial charge in [-0.15, -0.1) is 0 Å². The van der Waals surface area contributed by atoms with Gasteiger partial charge in [-0.3, -0.25) is 14.9 Å². The zero-order valence-corrected chi connectivity index (χ0v) is 12.6. The summed E-state index contributed by atoms with van der Waals surface area (Å²) in [5.74, 6) is -0.865. The van der Waals surface area contributed by atoms with Gasteiger partial charge in [0.15, 0.2) is 5.75 Å². The van der Waals surface area contributed by atoms with E-state index in [2.05, 4.69) is 26.5 Å². The Hall–Kier alpha value is -2.74. The molecule has 0 atom stereocenters. The van der Waals surface area contributed by atoms with Crippen LogP contribution in [-0.4, -0.2) is 22.2 Å². The van der Waals surface area contributed by atoms with Crippen LogP contribution in [0, 0.1) is 10.1 Å². The highest BCUT2D eigenvalue weighted by Crippen LogP contribution is 2.25. The number of amides is 1. The van der Waals surface area contributed by atoms with Crippen LogP contribution in [0.5, 0.6) is 5.75 Å². The van der Waals surface area contributed by atoms with E-state index in [0.29, 0.717) is 11.1 Å². The van der Waals surface area contributed by atoms with Crippen LogP contribution in [0.15, 0.2) is 52.0 Å². The van der Waals surface area contributed by atoms with Crippen LogP contribution in [0.1, 0.15) is 15.9 Å². The molecule has 1 amide bonds. The van der Waals surface area contributed by atoms with Gasteiger partial charge in [-0.2, -0.15) is 5.10 Å². The number of nitrogens with one attached hydrogen (secondary N) is 1. The van der Waals surface area contributed by atoms with E-state index in [1.807, 2.05) is 0 Å². The second-order valence-corrected chi connectivity index (χ2v) is 5.13. The molecular weight excluding hydrogens is 354 g/mol. The van der Waals surface area contributed by atoms with Crippen molar-refractivity contribution in [2.24, 2.45) is 5.10 Å². The number of aromatic hydroxyl groups is 1. The average molecular weight is 364 g/mol. The third-order valence-corrected chi connectivity index (χ3v) is 3.16. The minimum absolute atomic E-state index is 0.393. The Bertz CT molecular complexity index is 762. The van der Waals surface area contributed by atoms with Crippen molar-refractivity contribution in [3.63, 3.8) is 0 Å². The largest absolute Gasteiger partial charge is 0.502 e. The fourth-order valence-electron chi connectivity index (χ4n) is 1.63. The first-order chi connectivity index (χ1) is 10.5. The molecule has 0 bridgehead atoms. The first-order valence-corrected chi connectivity index (χ1v) is 6.83. The van der Waals surface area contributed by atoms with Gasteiger partial charge in [0.25, 0.3) is 5.91 Å². The molecule has 0 spiro atoms. The highest BCUT2D eigenvalue weighted by Gasteiger charge is 2.12. The Labute approximate surface area is 133 Å². The van der Waals surface area contributed by atoms with Gasteiger partial charge >= 0.3 is 5.69 Å². The maximum Gasteiger partial charge on any atom is 0.310 e. The van der Waals surface area contributed by atoms with E-state index in [4.69, 9.17) is 0 Å². The van der Waals surface area contributed by atoms with Crippen LogP contribution in [0.4, 0.5) is 5.69 Å².